The van der Waals surface area contributed by atoms with Crippen LogP contribution in [0.1, 0.15) is 46.8 Å². The van der Waals surface area contributed by atoms with Crippen LogP contribution in [0, 0.1) is 6.92 Å². The number of H-pyrrole nitrogens is 1. The van der Waals surface area contributed by atoms with Crippen LogP contribution in [-0.4, -0.2) is 49.1 Å². The molecule has 0 fully saturated rings. The molecule has 0 spiro atoms. The Balaban J connectivity index is 1.28. The molecule has 1 aliphatic carbocycles. The number of nitrogens with one attached hydrogen (secondary N) is 1. The molecule has 1 aliphatic heterocycles. The molecule has 2 aromatic heterocycles. The van der Waals surface area contributed by atoms with Gasteiger partial charge in [-0.1, -0.05) is 41.6 Å². The minimum atomic E-state index is -0.193. The third kappa shape index (κ3) is 4.31. The summed E-state index contributed by atoms with van der Waals surface area (Å²) >= 11 is 1.32. The van der Waals surface area contributed by atoms with Crippen molar-refractivity contribution in [3.8, 4) is 5.75 Å². The maximum Gasteiger partial charge on any atom is 0.255 e. The molecule has 1 amide bonds. The van der Waals surface area contributed by atoms with E-state index in [2.05, 4.69) is 39.4 Å². The molecular formula is C27H26N6O3S. The van der Waals surface area contributed by atoms with Crippen LogP contribution in [0.4, 0.5) is 0 Å². The zero-order valence-corrected chi connectivity index (χ0v) is 21.4. The Bertz CT molecular complexity index is 1570. The van der Waals surface area contributed by atoms with Gasteiger partial charge < -0.3 is 4.74 Å². The Labute approximate surface area is 217 Å². The van der Waals surface area contributed by atoms with Crippen molar-refractivity contribution >= 4 is 29.2 Å². The lowest BCUT2D eigenvalue weighted by Gasteiger charge is -2.22. The van der Waals surface area contributed by atoms with E-state index in [1.165, 1.54) is 11.8 Å². The Hall–Kier alpha value is -3.92. The highest BCUT2D eigenvalue weighted by Gasteiger charge is 2.33. The summed E-state index contributed by atoms with van der Waals surface area (Å²) in [6.07, 6.45) is 3.09. The number of thioether (sulfide) groups is 1. The lowest BCUT2D eigenvalue weighted by atomic mass is 9.97. The first-order valence-electron chi connectivity index (χ1n) is 12.2. The van der Waals surface area contributed by atoms with Crippen molar-refractivity contribution in [2.45, 2.75) is 43.8 Å². The van der Waals surface area contributed by atoms with E-state index in [0.29, 0.717) is 17.4 Å². The normalized spacial score (nSPS) is 16.8. The van der Waals surface area contributed by atoms with Crippen LogP contribution in [0.5, 0.6) is 5.75 Å². The Morgan fingerprint density at radius 3 is 2.65 bits per heavy atom. The van der Waals surface area contributed by atoms with Crippen LogP contribution >= 0.6 is 11.8 Å². The summed E-state index contributed by atoms with van der Waals surface area (Å²) < 4.78 is 7.17. The quantitative estimate of drug-likeness (QED) is 0.394. The van der Waals surface area contributed by atoms with Crippen LogP contribution in [-0.2, 0) is 17.6 Å². The summed E-state index contributed by atoms with van der Waals surface area (Å²) in [7, 11) is 1.64. The van der Waals surface area contributed by atoms with E-state index in [-0.39, 0.29) is 23.3 Å². The number of aromatic amines is 1. The number of benzene rings is 2. The number of nitrogens with zero attached hydrogens (tertiary/aromatic N) is 5. The lowest BCUT2D eigenvalue weighted by molar-refractivity contribution is -0.130. The molecule has 9 nitrogen and oxygen atoms in total. The van der Waals surface area contributed by atoms with Crippen molar-refractivity contribution < 1.29 is 9.53 Å². The van der Waals surface area contributed by atoms with Crippen molar-refractivity contribution in [3.63, 3.8) is 0 Å². The molecule has 0 bridgehead atoms. The molecule has 4 aromatic rings. The molecule has 1 unspecified atom stereocenters. The van der Waals surface area contributed by atoms with Gasteiger partial charge in [-0.25, -0.2) is 5.01 Å². The van der Waals surface area contributed by atoms with Crippen molar-refractivity contribution in [1.29, 1.82) is 0 Å². The van der Waals surface area contributed by atoms with Gasteiger partial charge in [0.05, 0.1) is 24.6 Å². The first-order chi connectivity index (χ1) is 18.0. The summed E-state index contributed by atoms with van der Waals surface area (Å²) in [6.45, 7) is 2.05. The number of carbonyl (C=O) groups is 1. The second-order valence-electron chi connectivity index (χ2n) is 9.31. The number of hydrogen-bond acceptors (Lipinski definition) is 7. The van der Waals surface area contributed by atoms with Gasteiger partial charge in [0.25, 0.3) is 11.5 Å². The molecule has 1 N–H and O–H groups in total. The average molecular weight is 515 g/mol. The number of methoxy groups -OCH3 is 1. The second-order valence-corrected chi connectivity index (χ2v) is 10.2. The lowest BCUT2D eigenvalue weighted by Crippen LogP contribution is -2.28. The van der Waals surface area contributed by atoms with Crippen molar-refractivity contribution in [3.05, 3.63) is 86.8 Å². The molecule has 188 valence electrons. The van der Waals surface area contributed by atoms with Gasteiger partial charge in [-0.2, -0.15) is 5.10 Å². The molecule has 6 rings (SSSR count). The zero-order valence-electron chi connectivity index (χ0n) is 20.6. The number of aromatic nitrogens is 4. The van der Waals surface area contributed by atoms with E-state index >= 15 is 0 Å². The van der Waals surface area contributed by atoms with E-state index in [1.54, 1.807) is 12.1 Å². The predicted octanol–water partition coefficient (Wildman–Crippen LogP) is 3.69. The van der Waals surface area contributed by atoms with Gasteiger partial charge in [-0.15, -0.1) is 10.2 Å². The van der Waals surface area contributed by atoms with Crippen molar-refractivity contribution in [2.24, 2.45) is 5.10 Å². The SMILES string of the molecule is COc1ccc(C2=NN(C(=O)CSc3nnc4[nH]c(=O)c5c(n34)CCC5)C(c3ccc(C)cc3)C2)cc1. The highest BCUT2D eigenvalue weighted by atomic mass is 32.2. The highest BCUT2D eigenvalue weighted by molar-refractivity contribution is 7.99. The van der Waals surface area contributed by atoms with E-state index in [1.807, 2.05) is 35.6 Å². The zero-order chi connectivity index (χ0) is 25.5. The third-order valence-electron chi connectivity index (χ3n) is 6.97. The highest BCUT2D eigenvalue weighted by Crippen LogP contribution is 2.34. The topological polar surface area (TPSA) is 105 Å². The van der Waals surface area contributed by atoms with Crippen LogP contribution in [0.3, 0.4) is 0 Å². The summed E-state index contributed by atoms with van der Waals surface area (Å²) in [5.74, 6) is 1.22. The first-order valence-corrected chi connectivity index (χ1v) is 13.2. The Morgan fingerprint density at radius 2 is 1.89 bits per heavy atom. The number of amides is 1. The molecule has 0 saturated heterocycles. The number of rotatable bonds is 6. The number of hydrazone groups is 1. The standard InChI is InChI=1S/C27H26N6O3S/c1-16-6-8-18(9-7-16)23-14-21(17-10-12-19(36-2)13-11-17)31-33(23)24(34)15-37-27-30-29-26-28-25(35)20-4-3-5-22(20)32(26)27/h6-13,23H,3-5,14-15H2,1-2H3,(H,28,29,35). The number of hydrogen-bond donors (Lipinski definition) is 1. The van der Waals surface area contributed by atoms with Gasteiger partial charge in [0.15, 0.2) is 5.16 Å². The number of ether oxygens (including phenoxy) is 1. The van der Waals surface area contributed by atoms with E-state index in [0.717, 1.165) is 58.7 Å². The Kier molecular flexibility index (Phi) is 6.03. The van der Waals surface area contributed by atoms with Crippen LogP contribution in [0.2, 0.25) is 0 Å². The summed E-state index contributed by atoms with van der Waals surface area (Å²) in [5, 5.41) is 15.4. The van der Waals surface area contributed by atoms with Gasteiger partial charge >= 0.3 is 0 Å². The molecule has 0 radical (unpaired) electrons. The fourth-order valence-electron chi connectivity index (χ4n) is 5.02. The molecule has 1 atom stereocenters. The molecule has 37 heavy (non-hydrogen) atoms. The summed E-state index contributed by atoms with van der Waals surface area (Å²) in [4.78, 5) is 28.7. The maximum absolute atomic E-state index is 13.6. The average Bonchev–Trinajstić information content (AvgIpc) is 3.66. The van der Waals surface area contributed by atoms with Crippen molar-refractivity contribution in [2.75, 3.05) is 12.9 Å². The smallest absolute Gasteiger partial charge is 0.255 e. The first kappa shape index (κ1) is 23.5. The minimum absolute atomic E-state index is 0.0987. The molecule has 2 aliphatic rings. The predicted molar refractivity (Wildman–Crippen MR) is 141 cm³/mol. The molecule has 3 heterocycles. The minimum Gasteiger partial charge on any atom is -0.497 e. The summed E-state index contributed by atoms with van der Waals surface area (Å²) in [6, 6.07) is 15.8. The van der Waals surface area contributed by atoms with Gasteiger partial charge in [0.2, 0.25) is 5.78 Å². The number of aryl methyl sites for hydroxylation is 2. The maximum atomic E-state index is 13.6. The van der Waals surface area contributed by atoms with Crippen LogP contribution in [0.25, 0.3) is 5.78 Å². The second kappa shape index (κ2) is 9.51. The van der Waals surface area contributed by atoms with Gasteiger partial charge in [0, 0.05) is 17.7 Å². The summed E-state index contributed by atoms with van der Waals surface area (Å²) in [5.41, 5.74) is 5.65. The van der Waals surface area contributed by atoms with Gasteiger partial charge in [0.1, 0.15) is 5.75 Å². The van der Waals surface area contributed by atoms with Crippen LogP contribution in [0.15, 0.2) is 63.6 Å². The van der Waals surface area contributed by atoms with Gasteiger partial charge in [-0.3, -0.25) is 19.0 Å². The number of fused-ring (bicyclic) bond motifs is 3. The molecular weight excluding hydrogens is 488 g/mol. The van der Waals surface area contributed by atoms with Crippen LogP contribution < -0.4 is 10.3 Å². The van der Waals surface area contributed by atoms with Gasteiger partial charge in [-0.05, 0) is 61.6 Å². The fourth-order valence-corrected chi connectivity index (χ4v) is 5.83. The molecule has 10 heteroatoms. The van der Waals surface area contributed by atoms with Crippen molar-refractivity contribution in [1.82, 2.24) is 24.6 Å². The van der Waals surface area contributed by atoms with E-state index in [4.69, 9.17) is 9.84 Å². The fraction of sp³-hybridized carbons (Fsp3) is 0.296. The van der Waals surface area contributed by atoms with E-state index in [9.17, 15) is 9.59 Å². The monoisotopic (exact) mass is 514 g/mol. The van der Waals surface area contributed by atoms with E-state index < -0.39 is 0 Å². The third-order valence-corrected chi connectivity index (χ3v) is 7.88. The molecule has 0 saturated carbocycles. The number of carbonyl (C=O) groups excluding carboxylic acids is 1. The largest absolute Gasteiger partial charge is 0.497 e. The Morgan fingerprint density at radius 1 is 1.11 bits per heavy atom. The molecule has 2 aromatic carbocycles.